The topological polar surface area (TPSA) is 115 Å². The number of rotatable bonds is 6. The third-order valence-electron chi connectivity index (χ3n) is 7.14. The molecule has 3 heterocycles. The van der Waals surface area contributed by atoms with Crippen molar-refractivity contribution in [2.24, 2.45) is 7.05 Å². The van der Waals surface area contributed by atoms with Crippen molar-refractivity contribution in [1.82, 2.24) is 14.1 Å². The molecule has 0 spiro atoms. The summed E-state index contributed by atoms with van der Waals surface area (Å²) in [4.78, 5) is 30.6. The number of nitrogens with two attached hydrogens (primary N) is 1. The Hall–Kier alpha value is -4.76. The second-order valence-electron chi connectivity index (χ2n) is 9.85. The van der Waals surface area contributed by atoms with Crippen LogP contribution in [-0.4, -0.2) is 19.2 Å². The molecule has 9 heteroatoms. The molecule has 4 N–H and O–H groups in total. The molecule has 6 rings (SSSR count). The van der Waals surface area contributed by atoms with E-state index in [1.165, 1.54) is 21.4 Å². The summed E-state index contributed by atoms with van der Waals surface area (Å²) in [5.74, 6) is 0.269. The van der Waals surface area contributed by atoms with Gasteiger partial charge >= 0.3 is 0 Å². The van der Waals surface area contributed by atoms with E-state index >= 15 is 4.39 Å². The lowest BCUT2D eigenvalue weighted by Gasteiger charge is -2.17. The van der Waals surface area contributed by atoms with Crippen LogP contribution in [0.3, 0.4) is 0 Å². The molecule has 0 unspecified atom stereocenters. The van der Waals surface area contributed by atoms with Crippen LogP contribution in [0.5, 0.6) is 0 Å². The predicted octanol–water partition coefficient (Wildman–Crippen LogP) is 4.59. The van der Waals surface area contributed by atoms with E-state index in [9.17, 15) is 14.7 Å². The van der Waals surface area contributed by atoms with Crippen molar-refractivity contribution >= 4 is 28.0 Å². The maximum atomic E-state index is 15.1. The van der Waals surface area contributed by atoms with E-state index in [1.54, 1.807) is 61.9 Å². The number of aliphatic hydroxyl groups excluding tert-OH is 1. The van der Waals surface area contributed by atoms with Gasteiger partial charge in [-0.15, -0.1) is 0 Å². The molecule has 1 saturated carbocycles. The lowest BCUT2D eigenvalue weighted by atomic mass is 9.98. The van der Waals surface area contributed by atoms with Crippen molar-refractivity contribution in [2.75, 3.05) is 11.1 Å². The summed E-state index contributed by atoms with van der Waals surface area (Å²) in [6.45, 7) is -0.385. The number of benzene rings is 2. The molecule has 5 aromatic rings. The van der Waals surface area contributed by atoms with Crippen molar-refractivity contribution in [1.29, 1.82) is 0 Å². The standard InChI is InChI=1S/C30H26FN5O3/c1-35-15-20(13-25(29(35)38)34-27-8-7-21(32)14-33-27)22-3-2-4-26(23(22)16-37)36-10-9-18-11-19(17-5-6-17)12-24(31)28(18)30(36)39/h2-4,7-15,17,37H,5-6,16,32H2,1H3,(H,33,34). The van der Waals surface area contributed by atoms with Crippen LogP contribution in [0.1, 0.15) is 29.9 Å². The van der Waals surface area contributed by atoms with Crippen molar-refractivity contribution in [3.8, 4) is 16.8 Å². The Morgan fingerprint density at radius 2 is 1.92 bits per heavy atom. The minimum atomic E-state index is -0.541. The minimum absolute atomic E-state index is 0.0146. The Bertz CT molecular complexity index is 1860. The maximum absolute atomic E-state index is 15.1. The van der Waals surface area contributed by atoms with Crippen LogP contribution in [0.15, 0.2) is 82.8 Å². The van der Waals surface area contributed by atoms with Gasteiger partial charge in [0.2, 0.25) is 0 Å². The molecule has 0 radical (unpaired) electrons. The van der Waals surface area contributed by atoms with Crippen LogP contribution >= 0.6 is 0 Å². The summed E-state index contributed by atoms with van der Waals surface area (Å²) in [6, 6.07) is 15.4. The molecule has 2 aromatic carbocycles. The van der Waals surface area contributed by atoms with Crippen LogP contribution in [0.2, 0.25) is 0 Å². The van der Waals surface area contributed by atoms with Gasteiger partial charge in [-0.25, -0.2) is 9.37 Å². The number of aryl methyl sites for hydroxylation is 1. The van der Waals surface area contributed by atoms with Gasteiger partial charge in [0.1, 0.15) is 17.3 Å². The first-order valence-electron chi connectivity index (χ1n) is 12.6. The van der Waals surface area contributed by atoms with Gasteiger partial charge in [-0.2, -0.15) is 0 Å². The molecular formula is C30H26FN5O3. The number of fused-ring (bicyclic) bond motifs is 1. The number of hydrogen-bond acceptors (Lipinski definition) is 6. The predicted molar refractivity (Wildman–Crippen MR) is 150 cm³/mol. The van der Waals surface area contributed by atoms with Crippen molar-refractivity contribution < 1.29 is 9.50 Å². The molecular weight excluding hydrogens is 497 g/mol. The fourth-order valence-electron chi connectivity index (χ4n) is 4.99. The Kier molecular flexibility index (Phi) is 6.00. The number of nitrogens with zero attached hydrogens (tertiary/aromatic N) is 3. The molecule has 1 aliphatic rings. The number of anilines is 3. The smallest absolute Gasteiger partial charge is 0.274 e. The van der Waals surface area contributed by atoms with Gasteiger partial charge in [-0.1, -0.05) is 18.2 Å². The van der Waals surface area contributed by atoms with E-state index in [0.717, 1.165) is 18.4 Å². The number of aromatic nitrogens is 3. The van der Waals surface area contributed by atoms with Gasteiger partial charge in [0.05, 0.1) is 29.6 Å². The van der Waals surface area contributed by atoms with Crippen LogP contribution in [0.4, 0.5) is 21.6 Å². The summed E-state index contributed by atoms with van der Waals surface area (Å²) < 4.78 is 17.9. The first-order valence-corrected chi connectivity index (χ1v) is 12.6. The molecule has 0 atom stereocenters. The van der Waals surface area contributed by atoms with Crippen LogP contribution in [0.25, 0.3) is 27.6 Å². The first-order chi connectivity index (χ1) is 18.8. The number of halogens is 1. The number of pyridine rings is 3. The van der Waals surface area contributed by atoms with Crippen molar-refractivity contribution in [2.45, 2.75) is 25.4 Å². The molecule has 196 valence electrons. The third kappa shape index (κ3) is 4.46. The van der Waals surface area contributed by atoms with Gasteiger partial charge < -0.3 is 20.7 Å². The quantitative estimate of drug-likeness (QED) is 0.300. The second-order valence-corrected chi connectivity index (χ2v) is 9.85. The van der Waals surface area contributed by atoms with Crippen molar-refractivity contribution in [3.63, 3.8) is 0 Å². The molecule has 0 amide bonds. The summed E-state index contributed by atoms with van der Waals surface area (Å²) in [6.07, 6.45) is 6.83. The molecule has 39 heavy (non-hydrogen) atoms. The second kappa shape index (κ2) is 9.52. The fraction of sp³-hybridized carbons (Fsp3) is 0.167. The molecule has 3 aromatic heterocycles. The number of nitrogens with one attached hydrogen (secondary N) is 1. The number of aliphatic hydroxyl groups is 1. The van der Waals surface area contributed by atoms with E-state index in [-0.39, 0.29) is 23.2 Å². The lowest BCUT2D eigenvalue weighted by molar-refractivity contribution is 0.282. The van der Waals surface area contributed by atoms with E-state index in [4.69, 9.17) is 5.73 Å². The van der Waals surface area contributed by atoms with E-state index in [1.807, 2.05) is 6.07 Å². The minimum Gasteiger partial charge on any atom is -0.397 e. The van der Waals surface area contributed by atoms with Crippen molar-refractivity contribution in [3.05, 3.63) is 111 Å². The summed E-state index contributed by atoms with van der Waals surface area (Å²) >= 11 is 0. The van der Waals surface area contributed by atoms with Crippen LogP contribution < -0.4 is 22.2 Å². The normalized spacial score (nSPS) is 13.1. The third-order valence-corrected chi connectivity index (χ3v) is 7.14. The van der Waals surface area contributed by atoms with E-state index < -0.39 is 11.4 Å². The Labute approximate surface area is 222 Å². The SMILES string of the molecule is Cn1cc(-c2cccc(-n3ccc4cc(C5CC5)cc(F)c4c3=O)c2CO)cc(Nc2ccc(N)cn2)c1=O. The van der Waals surface area contributed by atoms with Gasteiger partial charge in [0.25, 0.3) is 11.1 Å². The first kappa shape index (κ1) is 24.6. The highest BCUT2D eigenvalue weighted by atomic mass is 19.1. The largest absolute Gasteiger partial charge is 0.397 e. The maximum Gasteiger partial charge on any atom is 0.274 e. The summed E-state index contributed by atoms with van der Waals surface area (Å²) in [5.41, 5.74) is 8.78. The summed E-state index contributed by atoms with van der Waals surface area (Å²) in [5, 5.41) is 14.0. The zero-order chi connectivity index (χ0) is 27.3. The number of hydrogen-bond donors (Lipinski definition) is 3. The fourth-order valence-corrected chi connectivity index (χ4v) is 4.99. The van der Waals surface area contributed by atoms with Crippen LogP contribution in [0, 0.1) is 5.82 Å². The lowest BCUT2D eigenvalue weighted by Crippen LogP contribution is -2.21. The highest BCUT2D eigenvalue weighted by molar-refractivity contribution is 5.84. The van der Waals surface area contributed by atoms with E-state index in [2.05, 4.69) is 10.3 Å². The highest BCUT2D eigenvalue weighted by Gasteiger charge is 2.25. The van der Waals surface area contributed by atoms with Crippen LogP contribution in [-0.2, 0) is 13.7 Å². The zero-order valence-electron chi connectivity index (χ0n) is 21.2. The Morgan fingerprint density at radius 3 is 2.64 bits per heavy atom. The molecule has 1 aliphatic carbocycles. The molecule has 0 aliphatic heterocycles. The monoisotopic (exact) mass is 523 g/mol. The Morgan fingerprint density at radius 1 is 1.10 bits per heavy atom. The zero-order valence-corrected chi connectivity index (χ0v) is 21.2. The average molecular weight is 524 g/mol. The Balaban J connectivity index is 1.47. The average Bonchev–Trinajstić information content (AvgIpc) is 3.78. The number of nitrogen functional groups attached to an aromatic ring is 1. The highest BCUT2D eigenvalue weighted by Crippen LogP contribution is 2.41. The molecule has 0 saturated heterocycles. The van der Waals surface area contributed by atoms with Gasteiger partial charge in [0.15, 0.2) is 0 Å². The van der Waals surface area contributed by atoms with E-state index in [0.29, 0.717) is 45.2 Å². The molecule has 1 fully saturated rings. The van der Waals surface area contributed by atoms with Gasteiger partial charge in [0, 0.05) is 30.6 Å². The van der Waals surface area contributed by atoms with Gasteiger partial charge in [-0.05, 0) is 71.7 Å². The summed E-state index contributed by atoms with van der Waals surface area (Å²) in [7, 11) is 1.63. The molecule has 0 bridgehead atoms. The molecule has 8 nitrogen and oxygen atoms in total. The van der Waals surface area contributed by atoms with Gasteiger partial charge in [-0.3, -0.25) is 14.2 Å².